The summed E-state index contributed by atoms with van der Waals surface area (Å²) in [5, 5.41) is 39.3. The van der Waals surface area contributed by atoms with Crippen molar-refractivity contribution in [1.29, 1.82) is 0 Å². The molecule has 110 valence electrons. The lowest BCUT2D eigenvalue weighted by Crippen LogP contribution is -2.53. The topological polar surface area (TPSA) is 127 Å². The first-order valence-corrected chi connectivity index (χ1v) is 5.97. The Hall–Kier alpha value is -1.80. The van der Waals surface area contributed by atoms with Gasteiger partial charge in [-0.05, 0) is 12.1 Å². The zero-order valence-electron chi connectivity index (χ0n) is 10.6. The summed E-state index contributed by atoms with van der Waals surface area (Å²) in [6.45, 7) is -0.781. The number of aliphatic hydroxyl groups is 4. The minimum Gasteiger partial charge on any atom is -0.394 e. The van der Waals surface area contributed by atoms with Gasteiger partial charge in [-0.3, -0.25) is 4.79 Å². The van der Waals surface area contributed by atoms with Crippen LogP contribution in [-0.2, 0) is 4.79 Å². The highest BCUT2D eigenvalue weighted by atomic mass is 16.4. The van der Waals surface area contributed by atoms with Crippen molar-refractivity contribution in [1.82, 2.24) is 5.32 Å². The van der Waals surface area contributed by atoms with E-state index in [-0.39, 0.29) is 11.8 Å². The molecule has 7 heteroatoms. The molecule has 0 aliphatic heterocycles. The van der Waals surface area contributed by atoms with Gasteiger partial charge in [-0.1, -0.05) is 18.2 Å². The van der Waals surface area contributed by atoms with Crippen LogP contribution in [0.15, 0.2) is 30.3 Å². The second-order valence-electron chi connectivity index (χ2n) is 4.23. The van der Waals surface area contributed by atoms with Crippen LogP contribution in [0.1, 0.15) is 10.4 Å². The molecule has 0 aromatic heterocycles. The van der Waals surface area contributed by atoms with Crippen LogP contribution < -0.4 is 5.32 Å². The van der Waals surface area contributed by atoms with Crippen LogP contribution in [0, 0.1) is 0 Å². The average molecular weight is 283 g/mol. The molecule has 0 heterocycles. The average Bonchev–Trinajstić information content (AvgIpc) is 2.50. The maximum atomic E-state index is 11.8. The monoisotopic (exact) mass is 283 g/mol. The molecule has 5 N–H and O–H groups in total. The van der Waals surface area contributed by atoms with Gasteiger partial charge >= 0.3 is 0 Å². The summed E-state index contributed by atoms with van der Waals surface area (Å²) >= 11 is 0. The fourth-order valence-corrected chi connectivity index (χ4v) is 1.57. The highest BCUT2D eigenvalue weighted by Gasteiger charge is 2.32. The van der Waals surface area contributed by atoms with Crippen LogP contribution in [0.4, 0.5) is 0 Å². The number of amides is 1. The van der Waals surface area contributed by atoms with Gasteiger partial charge in [0.05, 0.1) is 6.61 Å². The number of carbonyl (C=O) groups is 2. The molecule has 0 aliphatic rings. The molecule has 0 saturated heterocycles. The number of hydrogen-bond donors (Lipinski definition) is 5. The highest BCUT2D eigenvalue weighted by molar-refractivity contribution is 5.95. The first-order valence-electron chi connectivity index (χ1n) is 5.97. The van der Waals surface area contributed by atoms with Crippen LogP contribution in [0.25, 0.3) is 0 Å². The molecule has 4 atom stereocenters. The molecule has 1 aromatic carbocycles. The number of hydrogen-bond acceptors (Lipinski definition) is 6. The fraction of sp³-hybridized carbons (Fsp3) is 0.385. The number of carbonyl (C=O) groups excluding carboxylic acids is 2. The second-order valence-corrected chi connectivity index (χ2v) is 4.23. The van der Waals surface area contributed by atoms with Crippen LogP contribution in [0.2, 0.25) is 0 Å². The van der Waals surface area contributed by atoms with Crippen LogP contribution in [0.3, 0.4) is 0 Å². The summed E-state index contributed by atoms with van der Waals surface area (Å²) in [5.41, 5.74) is 0.281. The Morgan fingerprint density at radius 2 is 1.75 bits per heavy atom. The number of nitrogens with one attached hydrogen (secondary N) is 1. The summed E-state index contributed by atoms with van der Waals surface area (Å²) in [7, 11) is 0. The first-order chi connectivity index (χ1) is 9.51. The van der Waals surface area contributed by atoms with E-state index in [0.717, 1.165) is 0 Å². The van der Waals surface area contributed by atoms with Gasteiger partial charge in [-0.25, -0.2) is 0 Å². The van der Waals surface area contributed by atoms with Crippen LogP contribution in [-0.4, -0.2) is 63.6 Å². The molecule has 0 aliphatic carbocycles. The van der Waals surface area contributed by atoms with Gasteiger partial charge in [0, 0.05) is 5.56 Å². The van der Waals surface area contributed by atoms with Gasteiger partial charge in [0.25, 0.3) is 5.91 Å². The normalized spacial score (nSPS) is 16.8. The van der Waals surface area contributed by atoms with E-state index in [1.807, 2.05) is 0 Å². The first kappa shape index (κ1) is 16.3. The molecule has 1 aromatic rings. The van der Waals surface area contributed by atoms with Gasteiger partial charge in [0.2, 0.25) is 0 Å². The van der Waals surface area contributed by atoms with Crippen molar-refractivity contribution < 1.29 is 30.0 Å². The number of aliphatic hydroxyl groups excluding tert-OH is 4. The molecular weight excluding hydrogens is 266 g/mol. The van der Waals surface area contributed by atoms with Crippen molar-refractivity contribution in [3.63, 3.8) is 0 Å². The molecule has 0 fully saturated rings. The summed E-state index contributed by atoms with van der Waals surface area (Å²) in [4.78, 5) is 22.7. The molecule has 1 amide bonds. The quantitative estimate of drug-likeness (QED) is 0.370. The third kappa shape index (κ3) is 4.10. The largest absolute Gasteiger partial charge is 0.394 e. The highest BCUT2D eigenvalue weighted by Crippen LogP contribution is 2.05. The maximum Gasteiger partial charge on any atom is 0.251 e. The van der Waals surface area contributed by atoms with Crippen molar-refractivity contribution >= 4 is 12.2 Å². The van der Waals surface area contributed by atoms with Crippen molar-refractivity contribution in [2.45, 2.75) is 24.4 Å². The summed E-state index contributed by atoms with van der Waals surface area (Å²) < 4.78 is 0. The minimum atomic E-state index is -1.76. The van der Waals surface area contributed by atoms with Crippen molar-refractivity contribution in [3.8, 4) is 0 Å². The molecule has 0 radical (unpaired) electrons. The second kappa shape index (κ2) is 7.71. The summed E-state index contributed by atoms with van der Waals surface area (Å²) in [6, 6.07) is 6.60. The summed E-state index contributed by atoms with van der Waals surface area (Å²) in [6.07, 6.45) is -4.85. The van der Waals surface area contributed by atoms with Crippen molar-refractivity contribution in [3.05, 3.63) is 35.9 Å². The lowest BCUT2D eigenvalue weighted by molar-refractivity contribution is -0.119. The molecule has 0 bridgehead atoms. The van der Waals surface area contributed by atoms with Crippen molar-refractivity contribution in [2.24, 2.45) is 0 Å². The van der Waals surface area contributed by atoms with E-state index in [2.05, 4.69) is 5.32 Å². The molecule has 1 rings (SSSR count). The Kier molecular flexibility index (Phi) is 6.26. The minimum absolute atomic E-state index is 0.249. The van der Waals surface area contributed by atoms with Crippen molar-refractivity contribution in [2.75, 3.05) is 6.61 Å². The van der Waals surface area contributed by atoms with E-state index in [1.165, 1.54) is 12.1 Å². The van der Waals surface area contributed by atoms with E-state index in [0.29, 0.717) is 0 Å². The van der Waals surface area contributed by atoms with E-state index < -0.39 is 36.9 Å². The standard InChI is InChI=1S/C13H17NO6/c15-6-9(11(18)12(19)10(17)7-16)14-13(20)8-4-2-1-3-5-8/h1-6,9-12,16-19H,7H2,(H,14,20)/t9-,10+,11+,12-/m0/s1. The Labute approximate surface area is 115 Å². The molecule has 0 unspecified atom stereocenters. The van der Waals surface area contributed by atoms with Gasteiger partial charge in [-0.15, -0.1) is 0 Å². The van der Waals surface area contributed by atoms with Gasteiger partial charge < -0.3 is 30.5 Å². The Morgan fingerprint density at radius 1 is 1.15 bits per heavy atom. The maximum absolute atomic E-state index is 11.8. The number of rotatable bonds is 7. The predicted molar refractivity (Wildman–Crippen MR) is 68.9 cm³/mol. The van der Waals surface area contributed by atoms with E-state index in [1.54, 1.807) is 18.2 Å². The SMILES string of the molecule is O=C[C@H](NC(=O)c1ccccc1)[C@@H](O)[C@@H](O)[C@H](O)CO. The molecule has 7 nitrogen and oxygen atoms in total. The van der Waals surface area contributed by atoms with Gasteiger partial charge in [0.1, 0.15) is 30.6 Å². The van der Waals surface area contributed by atoms with Crippen LogP contribution in [0.5, 0.6) is 0 Å². The van der Waals surface area contributed by atoms with E-state index in [9.17, 15) is 24.9 Å². The van der Waals surface area contributed by atoms with E-state index in [4.69, 9.17) is 5.11 Å². The molecule has 20 heavy (non-hydrogen) atoms. The predicted octanol–water partition coefficient (Wildman–Crippen LogP) is -1.94. The molecule has 0 saturated carbocycles. The number of aldehydes is 1. The lowest BCUT2D eigenvalue weighted by Gasteiger charge is -2.26. The Balaban J connectivity index is 2.72. The zero-order valence-corrected chi connectivity index (χ0v) is 10.6. The van der Waals surface area contributed by atoms with E-state index >= 15 is 0 Å². The van der Waals surface area contributed by atoms with Gasteiger partial charge in [-0.2, -0.15) is 0 Å². The summed E-state index contributed by atoms with van der Waals surface area (Å²) in [5.74, 6) is -0.604. The lowest BCUT2D eigenvalue weighted by atomic mass is 10.0. The number of benzene rings is 1. The van der Waals surface area contributed by atoms with Gasteiger partial charge in [0.15, 0.2) is 0 Å². The Bertz CT molecular complexity index is 438. The third-order valence-corrected chi connectivity index (χ3v) is 2.78. The molecular formula is C13H17NO6. The third-order valence-electron chi connectivity index (χ3n) is 2.78. The van der Waals surface area contributed by atoms with Crippen LogP contribution >= 0.6 is 0 Å². The zero-order chi connectivity index (χ0) is 15.1. The Morgan fingerprint density at radius 3 is 2.25 bits per heavy atom. The molecule has 0 spiro atoms. The smallest absolute Gasteiger partial charge is 0.251 e. The fourth-order valence-electron chi connectivity index (χ4n) is 1.57.